The molecule has 0 aliphatic carbocycles. The smallest absolute Gasteiger partial charge is 0.216 e. The number of phenols is 1. The first-order valence-corrected chi connectivity index (χ1v) is 9.31. The minimum absolute atomic E-state index is 0.176. The van der Waals surface area contributed by atoms with E-state index in [4.69, 9.17) is 12.2 Å². The highest BCUT2D eigenvalue weighted by Crippen LogP contribution is 2.24. The van der Waals surface area contributed by atoms with E-state index in [1.54, 1.807) is 17.0 Å². The van der Waals surface area contributed by atoms with E-state index in [9.17, 15) is 5.11 Å². The molecule has 140 valence electrons. The monoisotopic (exact) mass is 381 g/mol. The van der Waals surface area contributed by atoms with Crippen LogP contribution in [0.4, 0.5) is 5.69 Å². The van der Waals surface area contributed by atoms with Crippen LogP contribution in [-0.4, -0.2) is 39.3 Å². The van der Waals surface area contributed by atoms with E-state index in [2.05, 4.69) is 34.0 Å². The molecule has 6 nitrogen and oxygen atoms in total. The molecule has 0 bridgehead atoms. The Bertz CT molecular complexity index is 1000. The number of aromatic hydroxyl groups is 1. The molecule has 2 N–H and O–H groups in total. The first-order valence-electron chi connectivity index (χ1n) is 8.90. The Balaban J connectivity index is 1.92. The molecule has 0 atom stereocenters. The summed E-state index contributed by atoms with van der Waals surface area (Å²) in [5, 5.41) is 21.8. The van der Waals surface area contributed by atoms with Crippen LogP contribution in [0.2, 0.25) is 0 Å². The summed E-state index contributed by atoms with van der Waals surface area (Å²) in [5.74, 6) is 0.797. The molecule has 0 saturated carbocycles. The van der Waals surface area contributed by atoms with Gasteiger partial charge in [0.2, 0.25) is 4.77 Å². The van der Waals surface area contributed by atoms with Crippen LogP contribution in [0.1, 0.15) is 25.0 Å². The SMILES string of the molecule is CCN(CC)c1ccc(C=Nn2c(-c3ccc(C)cc3)n[nH]c2=S)c(O)c1. The van der Waals surface area contributed by atoms with Crippen molar-refractivity contribution in [1.82, 2.24) is 14.9 Å². The first-order chi connectivity index (χ1) is 13.0. The zero-order valence-corrected chi connectivity index (χ0v) is 16.5. The summed E-state index contributed by atoms with van der Waals surface area (Å²) in [7, 11) is 0. The van der Waals surface area contributed by atoms with Crippen LogP contribution in [0.25, 0.3) is 11.4 Å². The van der Waals surface area contributed by atoms with Gasteiger partial charge < -0.3 is 10.0 Å². The summed E-state index contributed by atoms with van der Waals surface area (Å²) < 4.78 is 1.94. The molecule has 7 heteroatoms. The number of nitrogens with zero attached hydrogens (tertiary/aromatic N) is 4. The topological polar surface area (TPSA) is 69.4 Å². The van der Waals surface area contributed by atoms with E-state index in [-0.39, 0.29) is 5.75 Å². The molecule has 0 aliphatic rings. The highest BCUT2D eigenvalue weighted by Gasteiger charge is 2.09. The summed E-state index contributed by atoms with van der Waals surface area (Å²) in [6.45, 7) is 7.97. The Labute approximate surface area is 163 Å². The predicted octanol–water partition coefficient (Wildman–Crippen LogP) is 4.35. The van der Waals surface area contributed by atoms with Crippen LogP contribution < -0.4 is 4.90 Å². The van der Waals surface area contributed by atoms with E-state index in [0.29, 0.717) is 16.2 Å². The third kappa shape index (κ3) is 4.09. The molecular formula is C20H23N5OS. The molecule has 0 spiro atoms. The maximum atomic E-state index is 10.4. The number of anilines is 1. The molecule has 3 rings (SSSR count). The molecule has 0 amide bonds. The summed E-state index contributed by atoms with van der Waals surface area (Å²) in [6.07, 6.45) is 1.59. The van der Waals surface area contributed by atoms with Crippen LogP contribution in [0.5, 0.6) is 5.75 Å². The molecule has 0 radical (unpaired) electrons. The van der Waals surface area contributed by atoms with Gasteiger partial charge in [0.15, 0.2) is 5.82 Å². The van der Waals surface area contributed by atoms with Crippen molar-refractivity contribution in [2.75, 3.05) is 18.0 Å². The average Bonchev–Trinajstić information content (AvgIpc) is 3.03. The van der Waals surface area contributed by atoms with Crippen molar-refractivity contribution >= 4 is 24.1 Å². The molecule has 2 aromatic carbocycles. The van der Waals surface area contributed by atoms with Gasteiger partial charge in [-0.15, -0.1) is 0 Å². The summed E-state index contributed by atoms with van der Waals surface area (Å²) in [6, 6.07) is 13.6. The van der Waals surface area contributed by atoms with Crippen molar-refractivity contribution in [3.8, 4) is 17.1 Å². The quantitative estimate of drug-likeness (QED) is 0.492. The second-order valence-corrected chi connectivity index (χ2v) is 6.58. The number of benzene rings is 2. The number of aryl methyl sites for hydroxylation is 1. The van der Waals surface area contributed by atoms with Crippen LogP contribution in [0, 0.1) is 11.7 Å². The van der Waals surface area contributed by atoms with E-state index in [1.807, 2.05) is 43.3 Å². The van der Waals surface area contributed by atoms with Gasteiger partial charge in [-0.3, -0.25) is 0 Å². The molecule has 3 aromatic rings. The lowest BCUT2D eigenvalue weighted by Crippen LogP contribution is -2.21. The van der Waals surface area contributed by atoms with Crippen molar-refractivity contribution in [2.45, 2.75) is 20.8 Å². The van der Waals surface area contributed by atoms with Gasteiger partial charge >= 0.3 is 0 Å². The Morgan fingerprint density at radius 2 is 1.89 bits per heavy atom. The minimum Gasteiger partial charge on any atom is -0.507 e. The highest BCUT2D eigenvalue weighted by atomic mass is 32.1. The summed E-state index contributed by atoms with van der Waals surface area (Å²) >= 11 is 5.30. The Morgan fingerprint density at radius 1 is 1.19 bits per heavy atom. The van der Waals surface area contributed by atoms with E-state index < -0.39 is 0 Å². The van der Waals surface area contributed by atoms with Gasteiger partial charge in [-0.2, -0.15) is 14.9 Å². The molecule has 0 unspecified atom stereocenters. The third-order valence-corrected chi connectivity index (χ3v) is 4.68. The maximum Gasteiger partial charge on any atom is 0.216 e. The van der Waals surface area contributed by atoms with Crippen LogP contribution in [-0.2, 0) is 0 Å². The largest absolute Gasteiger partial charge is 0.507 e. The van der Waals surface area contributed by atoms with Crippen LogP contribution in [0.15, 0.2) is 47.6 Å². The molecule has 0 aliphatic heterocycles. The lowest BCUT2D eigenvalue weighted by atomic mass is 10.1. The fraction of sp³-hybridized carbons (Fsp3) is 0.250. The summed E-state index contributed by atoms with van der Waals surface area (Å²) in [4.78, 5) is 2.17. The van der Waals surface area contributed by atoms with E-state index in [0.717, 1.165) is 24.3 Å². The number of phenolic OH excluding ortho intramolecular Hbond substituents is 1. The number of H-pyrrole nitrogens is 1. The van der Waals surface area contributed by atoms with E-state index in [1.165, 1.54) is 5.56 Å². The third-order valence-electron chi connectivity index (χ3n) is 4.42. The number of rotatable bonds is 6. The lowest BCUT2D eigenvalue weighted by molar-refractivity contribution is 0.474. The standard InChI is InChI=1S/C20H23N5OS/c1-4-24(5-2)17-11-10-16(18(26)12-17)13-21-25-19(22-23-20(25)27)15-8-6-14(3)7-9-15/h6-13,26H,4-5H2,1-3H3,(H,23,27). The highest BCUT2D eigenvalue weighted by molar-refractivity contribution is 7.71. The molecule has 1 heterocycles. The van der Waals surface area contributed by atoms with Crippen molar-refractivity contribution in [1.29, 1.82) is 0 Å². The van der Waals surface area contributed by atoms with Gasteiger partial charge in [0.25, 0.3) is 0 Å². The van der Waals surface area contributed by atoms with Crippen molar-refractivity contribution in [2.24, 2.45) is 5.10 Å². The summed E-state index contributed by atoms with van der Waals surface area (Å²) in [5.41, 5.74) is 3.67. The second-order valence-electron chi connectivity index (χ2n) is 6.19. The number of hydrogen-bond acceptors (Lipinski definition) is 5. The van der Waals surface area contributed by atoms with Gasteiger partial charge in [0.1, 0.15) is 5.75 Å². The van der Waals surface area contributed by atoms with Crippen molar-refractivity contribution in [3.63, 3.8) is 0 Å². The number of nitrogens with one attached hydrogen (secondary N) is 1. The van der Waals surface area contributed by atoms with Crippen molar-refractivity contribution in [3.05, 3.63) is 58.4 Å². The fourth-order valence-electron chi connectivity index (χ4n) is 2.83. The molecule has 0 saturated heterocycles. The zero-order valence-electron chi connectivity index (χ0n) is 15.7. The Kier molecular flexibility index (Phi) is 5.71. The molecular weight excluding hydrogens is 358 g/mol. The zero-order chi connectivity index (χ0) is 19.4. The molecule has 1 aromatic heterocycles. The molecule has 0 fully saturated rings. The van der Waals surface area contributed by atoms with Gasteiger partial charge in [-0.05, 0) is 45.1 Å². The maximum absolute atomic E-state index is 10.4. The average molecular weight is 382 g/mol. The lowest BCUT2D eigenvalue weighted by Gasteiger charge is -2.21. The van der Waals surface area contributed by atoms with Gasteiger partial charge in [0, 0.05) is 36.0 Å². The van der Waals surface area contributed by atoms with E-state index >= 15 is 0 Å². The Hall–Kier alpha value is -2.93. The van der Waals surface area contributed by atoms with Crippen molar-refractivity contribution < 1.29 is 5.11 Å². The van der Waals surface area contributed by atoms with Crippen LogP contribution >= 0.6 is 12.2 Å². The number of hydrogen-bond donors (Lipinski definition) is 2. The predicted molar refractivity (Wildman–Crippen MR) is 112 cm³/mol. The minimum atomic E-state index is 0.176. The normalized spacial score (nSPS) is 11.2. The Morgan fingerprint density at radius 3 is 2.52 bits per heavy atom. The second kappa shape index (κ2) is 8.18. The number of aromatic nitrogens is 3. The number of aromatic amines is 1. The van der Waals surface area contributed by atoms with Gasteiger partial charge in [-0.25, -0.2) is 5.10 Å². The van der Waals surface area contributed by atoms with Crippen LogP contribution in [0.3, 0.4) is 0 Å². The fourth-order valence-corrected chi connectivity index (χ4v) is 3.01. The first kappa shape index (κ1) is 18.8. The molecule has 27 heavy (non-hydrogen) atoms. The van der Waals surface area contributed by atoms with Gasteiger partial charge in [-0.1, -0.05) is 29.8 Å². The van der Waals surface area contributed by atoms with Gasteiger partial charge in [0.05, 0.1) is 6.21 Å².